The molecule has 2 rings (SSSR count). The molecule has 1 heterocycles. The molecule has 0 spiro atoms. The van der Waals surface area contributed by atoms with Crippen molar-refractivity contribution in [1.82, 2.24) is 10.3 Å². The molecule has 0 amide bonds. The lowest BCUT2D eigenvalue weighted by Crippen LogP contribution is -2.21. The third-order valence-corrected chi connectivity index (χ3v) is 3.77. The molecular formula is C15H23BrN2O. The van der Waals surface area contributed by atoms with Crippen molar-refractivity contribution in [3.63, 3.8) is 0 Å². The van der Waals surface area contributed by atoms with Gasteiger partial charge in [0.2, 0.25) is 5.88 Å². The second-order valence-electron chi connectivity index (χ2n) is 5.67. The number of ether oxygens (including phenoxy) is 1. The molecule has 1 fully saturated rings. The van der Waals surface area contributed by atoms with Crippen LogP contribution in [-0.2, 0) is 6.54 Å². The van der Waals surface area contributed by atoms with Crippen molar-refractivity contribution in [2.45, 2.75) is 52.2 Å². The maximum Gasteiger partial charge on any atom is 0.218 e. The lowest BCUT2D eigenvalue weighted by molar-refractivity contribution is 0.198. The molecule has 0 radical (unpaired) electrons. The monoisotopic (exact) mass is 326 g/mol. The molecule has 1 aromatic rings. The average molecular weight is 327 g/mol. The summed E-state index contributed by atoms with van der Waals surface area (Å²) < 4.78 is 7.05. The molecule has 0 atom stereocenters. The van der Waals surface area contributed by atoms with E-state index in [1.165, 1.54) is 12.8 Å². The SMILES string of the molecule is CC(C)CNCc1cc(Br)cnc1OC1CCCC1. The van der Waals surface area contributed by atoms with Crippen LogP contribution >= 0.6 is 15.9 Å². The summed E-state index contributed by atoms with van der Waals surface area (Å²) in [6, 6.07) is 2.10. The molecule has 1 aliphatic carbocycles. The molecular weight excluding hydrogens is 304 g/mol. The standard InChI is InChI=1S/C15H23BrN2O/c1-11(2)8-17-9-12-7-13(16)10-18-15(12)19-14-5-3-4-6-14/h7,10-11,14,17H,3-6,8-9H2,1-2H3. The molecule has 1 aliphatic rings. The van der Waals surface area contributed by atoms with E-state index < -0.39 is 0 Å². The second-order valence-corrected chi connectivity index (χ2v) is 6.58. The number of rotatable bonds is 6. The Morgan fingerprint density at radius 2 is 2.16 bits per heavy atom. The van der Waals surface area contributed by atoms with Gasteiger partial charge in [0.25, 0.3) is 0 Å². The van der Waals surface area contributed by atoms with Gasteiger partial charge in [0.05, 0.1) is 0 Å². The first-order valence-electron chi connectivity index (χ1n) is 7.17. The Balaban J connectivity index is 1.99. The fourth-order valence-electron chi connectivity index (χ4n) is 2.36. The number of halogens is 1. The highest BCUT2D eigenvalue weighted by molar-refractivity contribution is 9.10. The van der Waals surface area contributed by atoms with Crippen LogP contribution in [0.4, 0.5) is 0 Å². The highest BCUT2D eigenvalue weighted by atomic mass is 79.9. The van der Waals surface area contributed by atoms with Crippen molar-refractivity contribution in [2.24, 2.45) is 5.92 Å². The molecule has 106 valence electrons. The van der Waals surface area contributed by atoms with Gasteiger partial charge in [-0.3, -0.25) is 0 Å². The quantitative estimate of drug-likeness (QED) is 0.860. The number of hydrogen-bond donors (Lipinski definition) is 1. The molecule has 0 aromatic carbocycles. The van der Waals surface area contributed by atoms with Crippen LogP contribution in [0.2, 0.25) is 0 Å². The topological polar surface area (TPSA) is 34.2 Å². The van der Waals surface area contributed by atoms with E-state index in [0.717, 1.165) is 41.8 Å². The van der Waals surface area contributed by atoms with Crippen LogP contribution in [0, 0.1) is 5.92 Å². The molecule has 0 saturated heterocycles. The minimum Gasteiger partial charge on any atom is -0.474 e. The second kappa shape index (κ2) is 7.25. The lowest BCUT2D eigenvalue weighted by atomic mass is 10.2. The molecule has 1 N–H and O–H groups in total. The third-order valence-electron chi connectivity index (χ3n) is 3.34. The molecule has 1 saturated carbocycles. The zero-order chi connectivity index (χ0) is 13.7. The number of nitrogens with zero attached hydrogens (tertiary/aromatic N) is 1. The zero-order valence-corrected chi connectivity index (χ0v) is 13.4. The summed E-state index contributed by atoms with van der Waals surface area (Å²) in [5, 5.41) is 3.45. The van der Waals surface area contributed by atoms with E-state index in [1.54, 1.807) is 0 Å². The summed E-state index contributed by atoms with van der Waals surface area (Å²) >= 11 is 3.48. The van der Waals surface area contributed by atoms with Gasteiger partial charge in [-0.1, -0.05) is 13.8 Å². The van der Waals surface area contributed by atoms with Crippen molar-refractivity contribution in [2.75, 3.05) is 6.54 Å². The van der Waals surface area contributed by atoms with Gasteiger partial charge in [0.15, 0.2) is 0 Å². The highest BCUT2D eigenvalue weighted by Gasteiger charge is 2.18. The first kappa shape index (κ1) is 14.8. The average Bonchev–Trinajstić information content (AvgIpc) is 2.85. The van der Waals surface area contributed by atoms with Crippen LogP contribution in [0.1, 0.15) is 45.1 Å². The Kier molecular flexibility index (Phi) is 5.64. The molecule has 4 heteroatoms. The Labute approximate surface area is 124 Å². The Hall–Kier alpha value is -0.610. The van der Waals surface area contributed by atoms with Crippen LogP contribution in [0.15, 0.2) is 16.7 Å². The van der Waals surface area contributed by atoms with Gasteiger partial charge in [-0.2, -0.15) is 0 Å². The van der Waals surface area contributed by atoms with Gasteiger partial charge in [0, 0.05) is 22.8 Å². The summed E-state index contributed by atoms with van der Waals surface area (Å²) in [4.78, 5) is 4.43. The fourth-order valence-corrected chi connectivity index (χ4v) is 2.74. The van der Waals surface area contributed by atoms with Crippen LogP contribution < -0.4 is 10.1 Å². The van der Waals surface area contributed by atoms with Crippen LogP contribution in [0.3, 0.4) is 0 Å². The van der Waals surface area contributed by atoms with Crippen LogP contribution in [0.25, 0.3) is 0 Å². The van der Waals surface area contributed by atoms with Crippen molar-refractivity contribution in [3.05, 3.63) is 22.3 Å². The van der Waals surface area contributed by atoms with E-state index in [4.69, 9.17) is 4.74 Å². The Morgan fingerprint density at radius 3 is 2.84 bits per heavy atom. The van der Waals surface area contributed by atoms with Gasteiger partial charge >= 0.3 is 0 Å². The summed E-state index contributed by atoms with van der Waals surface area (Å²) in [5.41, 5.74) is 1.14. The maximum absolute atomic E-state index is 6.05. The van der Waals surface area contributed by atoms with Gasteiger partial charge in [-0.05, 0) is 60.1 Å². The molecule has 19 heavy (non-hydrogen) atoms. The number of hydrogen-bond acceptors (Lipinski definition) is 3. The molecule has 1 aromatic heterocycles. The van der Waals surface area contributed by atoms with Crippen molar-refractivity contribution in [1.29, 1.82) is 0 Å². The molecule has 0 unspecified atom stereocenters. The molecule has 0 bridgehead atoms. The smallest absolute Gasteiger partial charge is 0.218 e. The van der Waals surface area contributed by atoms with Gasteiger partial charge < -0.3 is 10.1 Å². The summed E-state index contributed by atoms with van der Waals surface area (Å²) in [6.07, 6.45) is 7.06. The number of aromatic nitrogens is 1. The molecule has 0 aliphatic heterocycles. The predicted octanol–water partition coefficient (Wildman–Crippen LogP) is 3.91. The number of nitrogens with one attached hydrogen (secondary N) is 1. The summed E-state index contributed by atoms with van der Waals surface area (Å²) in [7, 11) is 0. The van der Waals surface area contributed by atoms with Gasteiger partial charge in [-0.25, -0.2) is 4.98 Å². The normalized spacial score (nSPS) is 16.2. The van der Waals surface area contributed by atoms with Gasteiger partial charge in [-0.15, -0.1) is 0 Å². The van der Waals surface area contributed by atoms with E-state index in [9.17, 15) is 0 Å². The molecule has 3 nitrogen and oxygen atoms in total. The van der Waals surface area contributed by atoms with Crippen LogP contribution in [0.5, 0.6) is 5.88 Å². The fraction of sp³-hybridized carbons (Fsp3) is 0.667. The zero-order valence-electron chi connectivity index (χ0n) is 11.8. The predicted molar refractivity (Wildman–Crippen MR) is 81.4 cm³/mol. The Bertz CT molecular complexity index is 403. The van der Waals surface area contributed by atoms with E-state index in [0.29, 0.717) is 12.0 Å². The van der Waals surface area contributed by atoms with Crippen LogP contribution in [-0.4, -0.2) is 17.6 Å². The van der Waals surface area contributed by atoms with Crippen molar-refractivity contribution < 1.29 is 4.74 Å². The van der Waals surface area contributed by atoms with Crippen molar-refractivity contribution >= 4 is 15.9 Å². The van der Waals surface area contributed by atoms with E-state index in [1.807, 2.05) is 6.20 Å². The summed E-state index contributed by atoms with van der Waals surface area (Å²) in [6.45, 7) is 6.24. The number of pyridine rings is 1. The minimum absolute atomic E-state index is 0.359. The third kappa shape index (κ3) is 4.77. The Morgan fingerprint density at radius 1 is 1.42 bits per heavy atom. The largest absolute Gasteiger partial charge is 0.474 e. The minimum atomic E-state index is 0.359. The first-order valence-corrected chi connectivity index (χ1v) is 7.96. The van der Waals surface area contributed by atoms with E-state index in [2.05, 4.69) is 46.1 Å². The summed E-state index contributed by atoms with van der Waals surface area (Å²) in [5.74, 6) is 1.45. The van der Waals surface area contributed by atoms with Gasteiger partial charge in [0.1, 0.15) is 6.10 Å². The maximum atomic E-state index is 6.05. The first-order chi connectivity index (χ1) is 9.15. The highest BCUT2D eigenvalue weighted by Crippen LogP contribution is 2.26. The van der Waals surface area contributed by atoms with E-state index in [-0.39, 0.29) is 0 Å². The van der Waals surface area contributed by atoms with E-state index >= 15 is 0 Å². The lowest BCUT2D eigenvalue weighted by Gasteiger charge is -2.16. The van der Waals surface area contributed by atoms with Crippen molar-refractivity contribution in [3.8, 4) is 5.88 Å².